The maximum Gasteiger partial charge on any atom is 0.224 e. The zero-order valence-electron chi connectivity index (χ0n) is 13.3. The molecule has 122 valence electrons. The molecule has 0 radical (unpaired) electrons. The number of aryl methyl sites for hydroxylation is 1. The van der Waals surface area contributed by atoms with Gasteiger partial charge in [-0.1, -0.05) is 0 Å². The largest absolute Gasteiger partial charge is 0.379 e. The van der Waals surface area contributed by atoms with Gasteiger partial charge in [-0.05, 0) is 6.92 Å². The van der Waals surface area contributed by atoms with Crippen LogP contribution in [0.3, 0.4) is 0 Å². The molecule has 0 saturated carbocycles. The van der Waals surface area contributed by atoms with Gasteiger partial charge in [-0.25, -0.2) is 4.98 Å². The van der Waals surface area contributed by atoms with E-state index < -0.39 is 0 Å². The lowest BCUT2D eigenvalue weighted by molar-refractivity contribution is 0.0398. The van der Waals surface area contributed by atoms with E-state index in [-0.39, 0.29) is 0 Å². The van der Waals surface area contributed by atoms with Crippen LogP contribution in [0.4, 0.5) is 11.8 Å². The lowest BCUT2D eigenvalue weighted by Gasteiger charge is -2.28. The van der Waals surface area contributed by atoms with Crippen LogP contribution in [0.5, 0.6) is 0 Å². The first-order chi connectivity index (χ1) is 10.8. The van der Waals surface area contributed by atoms with E-state index in [9.17, 15) is 0 Å². The summed E-state index contributed by atoms with van der Waals surface area (Å²) in [5.41, 5.74) is 0.991. The second-order valence-corrected chi connectivity index (χ2v) is 5.67. The normalized spacial score (nSPS) is 20.1. The van der Waals surface area contributed by atoms with E-state index in [0.717, 1.165) is 83.2 Å². The Morgan fingerprint density at radius 3 is 2.45 bits per heavy atom. The predicted molar refractivity (Wildman–Crippen MR) is 85.5 cm³/mol. The molecule has 0 unspecified atom stereocenters. The second kappa shape index (κ2) is 7.71. The van der Waals surface area contributed by atoms with Gasteiger partial charge in [0.2, 0.25) is 5.95 Å². The Labute approximate surface area is 131 Å². The van der Waals surface area contributed by atoms with E-state index in [1.807, 2.05) is 13.0 Å². The van der Waals surface area contributed by atoms with Gasteiger partial charge in [0.05, 0.1) is 26.4 Å². The topological polar surface area (TPSA) is 62.8 Å². The van der Waals surface area contributed by atoms with Gasteiger partial charge in [-0.3, -0.25) is 4.90 Å². The number of rotatable bonds is 5. The first-order valence-electron chi connectivity index (χ1n) is 8.03. The SMILES string of the molecule is Cc1cc(N2CCOCC2)nc(NCCN2CCOCC2)n1. The smallest absolute Gasteiger partial charge is 0.224 e. The third-order valence-corrected chi connectivity index (χ3v) is 3.99. The van der Waals surface area contributed by atoms with Crippen LogP contribution in [-0.4, -0.2) is 80.6 Å². The Bertz CT molecular complexity index is 473. The first-order valence-corrected chi connectivity index (χ1v) is 8.03. The van der Waals surface area contributed by atoms with E-state index in [1.54, 1.807) is 0 Å². The van der Waals surface area contributed by atoms with Crippen LogP contribution in [0.2, 0.25) is 0 Å². The van der Waals surface area contributed by atoms with Gasteiger partial charge in [0.1, 0.15) is 5.82 Å². The van der Waals surface area contributed by atoms with Gasteiger partial charge in [0.15, 0.2) is 0 Å². The highest BCUT2D eigenvalue weighted by atomic mass is 16.5. The van der Waals surface area contributed by atoms with Gasteiger partial charge >= 0.3 is 0 Å². The molecule has 7 heteroatoms. The Balaban J connectivity index is 1.54. The summed E-state index contributed by atoms with van der Waals surface area (Å²) >= 11 is 0. The van der Waals surface area contributed by atoms with Crippen LogP contribution in [0.25, 0.3) is 0 Å². The van der Waals surface area contributed by atoms with Crippen molar-refractivity contribution in [3.8, 4) is 0 Å². The highest BCUT2D eigenvalue weighted by Crippen LogP contribution is 2.16. The monoisotopic (exact) mass is 307 g/mol. The molecule has 22 heavy (non-hydrogen) atoms. The fourth-order valence-corrected chi connectivity index (χ4v) is 2.74. The molecule has 0 spiro atoms. The highest BCUT2D eigenvalue weighted by Gasteiger charge is 2.14. The van der Waals surface area contributed by atoms with E-state index in [4.69, 9.17) is 9.47 Å². The van der Waals surface area contributed by atoms with Crippen molar-refractivity contribution in [1.29, 1.82) is 0 Å². The van der Waals surface area contributed by atoms with Crippen molar-refractivity contribution in [3.63, 3.8) is 0 Å². The van der Waals surface area contributed by atoms with Crippen LogP contribution in [0, 0.1) is 6.92 Å². The van der Waals surface area contributed by atoms with Crippen LogP contribution in [-0.2, 0) is 9.47 Å². The van der Waals surface area contributed by atoms with Crippen LogP contribution in [0.15, 0.2) is 6.07 Å². The summed E-state index contributed by atoms with van der Waals surface area (Å²) in [5.74, 6) is 1.71. The number of aromatic nitrogens is 2. The Morgan fingerprint density at radius 2 is 1.73 bits per heavy atom. The molecule has 1 aromatic rings. The maximum absolute atomic E-state index is 5.40. The fraction of sp³-hybridized carbons (Fsp3) is 0.733. The molecule has 1 aromatic heterocycles. The molecule has 0 bridgehead atoms. The molecule has 0 amide bonds. The van der Waals surface area contributed by atoms with Crippen molar-refractivity contribution in [3.05, 3.63) is 11.8 Å². The van der Waals surface area contributed by atoms with Crippen molar-refractivity contribution in [2.75, 3.05) is 75.9 Å². The van der Waals surface area contributed by atoms with Gasteiger partial charge in [-0.15, -0.1) is 0 Å². The number of hydrogen-bond donors (Lipinski definition) is 1. The molecule has 7 nitrogen and oxygen atoms in total. The van der Waals surface area contributed by atoms with Gasteiger partial charge in [0.25, 0.3) is 0 Å². The van der Waals surface area contributed by atoms with Crippen molar-refractivity contribution < 1.29 is 9.47 Å². The Morgan fingerprint density at radius 1 is 1.05 bits per heavy atom. The lowest BCUT2D eigenvalue weighted by Crippen LogP contribution is -2.39. The quantitative estimate of drug-likeness (QED) is 0.843. The first kappa shape index (κ1) is 15.5. The molecule has 3 rings (SSSR count). The molecule has 2 aliphatic rings. The third kappa shape index (κ3) is 4.28. The molecular weight excluding hydrogens is 282 g/mol. The molecular formula is C15H25N5O2. The molecule has 0 aromatic carbocycles. The van der Waals surface area contributed by atoms with Gasteiger partial charge in [0, 0.05) is 51.0 Å². The second-order valence-electron chi connectivity index (χ2n) is 5.67. The molecule has 2 saturated heterocycles. The van der Waals surface area contributed by atoms with Crippen molar-refractivity contribution in [2.45, 2.75) is 6.92 Å². The summed E-state index contributed by atoms with van der Waals surface area (Å²) < 4.78 is 10.8. The minimum atomic E-state index is 0.717. The molecule has 2 fully saturated rings. The van der Waals surface area contributed by atoms with Crippen LogP contribution >= 0.6 is 0 Å². The molecule has 3 heterocycles. The third-order valence-electron chi connectivity index (χ3n) is 3.99. The zero-order chi connectivity index (χ0) is 15.2. The summed E-state index contributed by atoms with van der Waals surface area (Å²) in [6.07, 6.45) is 0. The average Bonchev–Trinajstić information content (AvgIpc) is 2.56. The highest BCUT2D eigenvalue weighted by molar-refractivity contribution is 5.45. The number of ether oxygens (including phenoxy) is 2. The van der Waals surface area contributed by atoms with Crippen molar-refractivity contribution in [2.24, 2.45) is 0 Å². The molecule has 2 aliphatic heterocycles. The number of nitrogens with one attached hydrogen (secondary N) is 1. The van der Waals surface area contributed by atoms with Gasteiger partial charge in [-0.2, -0.15) is 4.98 Å². The molecule has 1 N–H and O–H groups in total. The van der Waals surface area contributed by atoms with Gasteiger partial charge < -0.3 is 19.7 Å². The standard InChI is InChI=1S/C15H25N5O2/c1-13-12-14(20-6-10-22-11-7-20)18-15(17-13)16-2-3-19-4-8-21-9-5-19/h12H,2-11H2,1H3,(H,16,17,18). The lowest BCUT2D eigenvalue weighted by atomic mass is 10.3. The minimum Gasteiger partial charge on any atom is -0.379 e. The van der Waals surface area contributed by atoms with E-state index in [1.165, 1.54) is 0 Å². The predicted octanol–water partition coefficient (Wildman–Crippen LogP) is 0.366. The van der Waals surface area contributed by atoms with E-state index in [2.05, 4.69) is 25.1 Å². The number of hydrogen-bond acceptors (Lipinski definition) is 7. The molecule has 0 aliphatic carbocycles. The van der Waals surface area contributed by atoms with Crippen molar-refractivity contribution in [1.82, 2.24) is 14.9 Å². The van der Waals surface area contributed by atoms with Crippen LogP contribution < -0.4 is 10.2 Å². The molecule has 0 atom stereocenters. The Kier molecular flexibility index (Phi) is 5.42. The summed E-state index contributed by atoms with van der Waals surface area (Å²) in [7, 11) is 0. The summed E-state index contributed by atoms with van der Waals surface area (Å²) in [6.45, 7) is 10.9. The maximum atomic E-state index is 5.40. The minimum absolute atomic E-state index is 0.717. The Hall–Kier alpha value is -1.44. The van der Waals surface area contributed by atoms with Crippen LogP contribution in [0.1, 0.15) is 5.69 Å². The average molecular weight is 307 g/mol. The summed E-state index contributed by atoms with van der Waals surface area (Å²) in [5, 5.41) is 3.35. The summed E-state index contributed by atoms with van der Waals surface area (Å²) in [4.78, 5) is 13.8. The van der Waals surface area contributed by atoms with Crippen molar-refractivity contribution >= 4 is 11.8 Å². The number of nitrogens with zero attached hydrogens (tertiary/aromatic N) is 4. The number of anilines is 2. The van der Waals surface area contributed by atoms with E-state index in [0.29, 0.717) is 0 Å². The summed E-state index contributed by atoms with van der Waals surface area (Å²) in [6, 6.07) is 2.04. The fourth-order valence-electron chi connectivity index (χ4n) is 2.74. The zero-order valence-corrected chi connectivity index (χ0v) is 13.3. The number of morpholine rings is 2. The van der Waals surface area contributed by atoms with E-state index >= 15 is 0 Å².